The number of nitrogens with zero attached hydrogens (tertiary/aromatic N) is 2. The Morgan fingerprint density at radius 3 is 2.62 bits per heavy atom. The van der Waals surface area contributed by atoms with Crippen molar-refractivity contribution in [3.05, 3.63) is 89.0 Å². The fraction of sp³-hybridized carbons (Fsp3) is 0.472. The van der Waals surface area contributed by atoms with Gasteiger partial charge in [0.2, 0.25) is 0 Å². The lowest BCUT2D eigenvalue weighted by molar-refractivity contribution is -0.0199. The number of methoxy groups -OCH3 is 1. The van der Waals surface area contributed by atoms with Crippen LogP contribution in [0.5, 0.6) is 11.5 Å². The molecule has 0 radical (unpaired) electrons. The molecule has 5 rings (SSSR count). The average Bonchev–Trinajstić information content (AvgIpc) is 3.08. The maximum Gasteiger partial charge on any atom is 0.407 e. The summed E-state index contributed by atoms with van der Waals surface area (Å²) in [6, 6.07) is 22.5. The van der Waals surface area contributed by atoms with E-state index in [1.165, 1.54) is 16.2 Å². The van der Waals surface area contributed by atoms with Crippen LogP contribution in [-0.4, -0.2) is 80.4 Å². The Morgan fingerprint density at radius 1 is 0.978 bits per heavy atom. The number of benzene rings is 3. The number of carboxylic acid groups (broad SMARTS) is 1. The minimum absolute atomic E-state index is 0.0803. The number of aryl methyl sites for hydroxylation is 1. The van der Waals surface area contributed by atoms with E-state index >= 15 is 0 Å². The third-order valence-corrected chi connectivity index (χ3v) is 8.70. The number of fused-ring (bicyclic) bond motifs is 1. The van der Waals surface area contributed by atoms with Gasteiger partial charge in [0.1, 0.15) is 11.5 Å². The number of hydrogen-bond acceptors (Lipinski definition) is 7. The van der Waals surface area contributed by atoms with Crippen LogP contribution in [0.15, 0.2) is 66.7 Å². The summed E-state index contributed by atoms with van der Waals surface area (Å²) in [7, 11) is 1.66. The van der Waals surface area contributed by atoms with Crippen LogP contribution in [0.3, 0.4) is 0 Å². The number of likely N-dealkylation sites (tertiary alicyclic amines) is 1. The Hall–Kier alpha value is -3.79. The molecule has 2 aliphatic heterocycles. The fourth-order valence-electron chi connectivity index (χ4n) is 6.29. The minimum Gasteiger partial charge on any atom is -0.496 e. The van der Waals surface area contributed by atoms with Crippen molar-refractivity contribution in [2.75, 3.05) is 58.0 Å². The van der Waals surface area contributed by atoms with Crippen molar-refractivity contribution in [2.45, 2.75) is 57.3 Å². The zero-order valence-corrected chi connectivity index (χ0v) is 26.2. The molecule has 0 aromatic heterocycles. The highest BCUT2D eigenvalue weighted by molar-refractivity contribution is 5.65. The third kappa shape index (κ3) is 8.90. The molecular formula is C36H46N2O7. The number of carbonyl (C=O) groups is 1. The Labute approximate surface area is 266 Å². The molecular weight excluding hydrogens is 572 g/mol. The maximum absolute atomic E-state index is 11.8. The molecule has 0 spiro atoms. The van der Waals surface area contributed by atoms with E-state index < -0.39 is 6.09 Å². The molecule has 2 N–H and O–H groups in total. The van der Waals surface area contributed by atoms with Gasteiger partial charge < -0.3 is 39.0 Å². The van der Waals surface area contributed by atoms with E-state index in [0.29, 0.717) is 45.9 Å². The first-order valence-electron chi connectivity index (χ1n) is 16.0. The summed E-state index contributed by atoms with van der Waals surface area (Å²) in [4.78, 5) is 15.6. The first-order chi connectivity index (χ1) is 22.1. The highest BCUT2D eigenvalue weighted by Crippen LogP contribution is 2.33. The zero-order valence-electron chi connectivity index (χ0n) is 26.2. The SMILES string of the molecule is COc1ccccc1COCCCOc1ccc(C2CCN(C(=O)O)CC2OCc2ccc3c(c2)N(CCCO)CCC3)cc1. The van der Waals surface area contributed by atoms with E-state index in [9.17, 15) is 15.0 Å². The molecule has 0 aliphatic carbocycles. The van der Waals surface area contributed by atoms with Gasteiger partial charge in [0.25, 0.3) is 0 Å². The molecule has 45 heavy (non-hydrogen) atoms. The fourth-order valence-corrected chi connectivity index (χ4v) is 6.29. The number of anilines is 1. The summed E-state index contributed by atoms with van der Waals surface area (Å²) in [5.74, 6) is 1.70. The number of rotatable bonds is 15. The highest BCUT2D eigenvalue weighted by Gasteiger charge is 2.33. The molecule has 9 heteroatoms. The second-order valence-electron chi connectivity index (χ2n) is 11.7. The second-order valence-corrected chi connectivity index (χ2v) is 11.7. The molecule has 2 atom stereocenters. The van der Waals surface area contributed by atoms with Gasteiger partial charge in [0.15, 0.2) is 0 Å². The average molecular weight is 619 g/mol. The number of hydrogen-bond donors (Lipinski definition) is 2. The Bertz CT molecular complexity index is 1370. The summed E-state index contributed by atoms with van der Waals surface area (Å²) in [6.07, 6.45) is 3.21. The van der Waals surface area contributed by atoms with Crippen molar-refractivity contribution >= 4 is 11.8 Å². The van der Waals surface area contributed by atoms with Crippen LogP contribution < -0.4 is 14.4 Å². The van der Waals surface area contributed by atoms with Crippen LogP contribution in [0.2, 0.25) is 0 Å². The lowest BCUT2D eigenvalue weighted by Crippen LogP contribution is -2.46. The lowest BCUT2D eigenvalue weighted by atomic mass is 9.87. The summed E-state index contributed by atoms with van der Waals surface area (Å²) < 4.78 is 23.6. The van der Waals surface area contributed by atoms with E-state index in [1.807, 2.05) is 36.4 Å². The van der Waals surface area contributed by atoms with Crippen LogP contribution in [0.1, 0.15) is 53.9 Å². The monoisotopic (exact) mass is 618 g/mol. The van der Waals surface area contributed by atoms with Crippen LogP contribution in [0, 0.1) is 0 Å². The van der Waals surface area contributed by atoms with Crippen LogP contribution in [-0.2, 0) is 29.1 Å². The first kappa shape index (κ1) is 32.6. The molecule has 2 unspecified atom stereocenters. The van der Waals surface area contributed by atoms with Gasteiger partial charge in [0.05, 0.1) is 46.2 Å². The molecule has 0 saturated carbocycles. The molecule has 2 heterocycles. The van der Waals surface area contributed by atoms with Crippen molar-refractivity contribution in [1.29, 1.82) is 0 Å². The first-order valence-corrected chi connectivity index (χ1v) is 16.0. The molecule has 1 saturated heterocycles. The van der Waals surface area contributed by atoms with Gasteiger partial charge in [0, 0.05) is 49.8 Å². The zero-order chi connectivity index (χ0) is 31.4. The van der Waals surface area contributed by atoms with E-state index in [2.05, 4.69) is 35.2 Å². The van der Waals surface area contributed by atoms with Gasteiger partial charge in [-0.2, -0.15) is 0 Å². The van der Waals surface area contributed by atoms with Crippen molar-refractivity contribution in [1.82, 2.24) is 4.90 Å². The van der Waals surface area contributed by atoms with E-state index in [0.717, 1.165) is 67.0 Å². The van der Waals surface area contributed by atoms with Crippen molar-refractivity contribution in [2.24, 2.45) is 0 Å². The van der Waals surface area contributed by atoms with Crippen molar-refractivity contribution < 1.29 is 34.0 Å². The van der Waals surface area contributed by atoms with E-state index in [4.69, 9.17) is 18.9 Å². The predicted octanol–water partition coefficient (Wildman–Crippen LogP) is 5.87. The maximum atomic E-state index is 11.8. The summed E-state index contributed by atoms with van der Waals surface area (Å²) in [6.45, 7) is 4.87. The largest absolute Gasteiger partial charge is 0.496 e. The normalized spacial score (nSPS) is 18.0. The molecule has 3 aromatic rings. The van der Waals surface area contributed by atoms with Gasteiger partial charge in [-0.15, -0.1) is 0 Å². The minimum atomic E-state index is -0.911. The Kier molecular flexibility index (Phi) is 12.0. The molecule has 3 aromatic carbocycles. The quantitative estimate of drug-likeness (QED) is 0.204. The van der Waals surface area contributed by atoms with Crippen molar-refractivity contribution in [3.8, 4) is 11.5 Å². The van der Waals surface area contributed by atoms with Gasteiger partial charge in [-0.05, 0) is 66.6 Å². The van der Waals surface area contributed by atoms with Gasteiger partial charge in [-0.25, -0.2) is 4.79 Å². The third-order valence-electron chi connectivity index (χ3n) is 8.70. The van der Waals surface area contributed by atoms with E-state index in [-0.39, 0.29) is 18.6 Å². The van der Waals surface area contributed by atoms with Gasteiger partial charge >= 0.3 is 6.09 Å². The second kappa shape index (κ2) is 16.5. The molecule has 1 amide bonds. The summed E-state index contributed by atoms with van der Waals surface area (Å²) in [5, 5.41) is 19.0. The van der Waals surface area contributed by atoms with Crippen LogP contribution in [0.4, 0.5) is 10.5 Å². The van der Waals surface area contributed by atoms with Crippen molar-refractivity contribution in [3.63, 3.8) is 0 Å². The smallest absolute Gasteiger partial charge is 0.407 e. The molecule has 1 fully saturated rings. The highest BCUT2D eigenvalue weighted by atomic mass is 16.5. The summed E-state index contributed by atoms with van der Waals surface area (Å²) in [5.41, 5.74) is 5.78. The Morgan fingerprint density at radius 2 is 1.82 bits per heavy atom. The number of aliphatic hydroxyl groups excluding tert-OH is 1. The van der Waals surface area contributed by atoms with Crippen LogP contribution >= 0.6 is 0 Å². The number of piperidine rings is 1. The lowest BCUT2D eigenvalue weighted by Gasteiger charge is -2.37. The standard InChI is InChI=1S/C36H46N2O7/c1-42-34-9-3-2-7-30(34)26-43-21-6-22-44-31-14-12-28(13-15-31)32-16-19-38(36(40)41)24-35(32)45-25-27-10-11-29-8-4-17-37(18-5-20-39)33(29)23-27/h2-3,7,9-15,23,32,35,39H,4-6,8,16-22,24-26H2,1H3,(H,40,41). The molecule has 0 bridgehead atoms. The molecule has 242 valence electrons. The Balaban J connectivity index is 1.14. The van der Waals surface area contributed by atoms with E-state index in [1.54, 1.807) is 7.11 Å². The molecule has 2 aliphatic rings. The predicted molar refractivity (Wildman–Crippen MR) is 173 cm³/mol. The molecule has 9 nitrogen and oxygen atoms in total. The van der Waals surface area contributed by atoms with Crippen LogP contribution in [0.25, 0.3) is 0 Å². The number of para-hydroxylation sites is 1. The topological polar surface area (TPSA) is 101 Å². The summed E-state index contributed by atoms with van der Waals surface area (Å²) >= 11 is 0. The number of ether oxygens (including phenoxy) is 4. The van der Waals surface area contributed by atoms with Gasteiger partial charge in [-0.3, -0.25) is 0 Å². The number of aliphatic hydroxyl groups is 1. The number of amides is 1. The van der Waals surface area contributed by atoms with Gasteiger partial charge in [-0.1, -0.05) is 42.5 Å².